The largest absolute Gasteiger partial charge is 0.387 e. The first-order valence-electron chi connectivity index (χ1n) is 14.6. The van der Waals surface area contributed by atoms with E-state index in [1.807, 2.05) is 53.4 Å². The van der Waals surface area contributed by atoms with Gasteiger partial charge in [0.15, 0.2) is 0 Å². The van der Waals surface area contributed by atoms with Gasteiger partial charge in [-0.25, -0.2) is 4.99 Å². The zero-order valence-corrected chi connectivity index (χ0v) is 24.5. The highest BCUT2D eigenvalue weighted by Crippen LogP contribution is 2.29. The number of amides is 2. The van der Waals surface area contributed by atoms with Crippen LogP contribution in [0.2, 0.25) is 0 Å². The van der Waals surface area contributed by atoms with E-state index in [-0.39, 0.29) is 24.3 Å². The number of carbonyl (C=O) groups excluding carboxylic acids is 2. The molecule has 1 aromatic heterocycles. The molecule has 0 saturated heterocycles. The minimum Gasteiger partial charge on any atom is -0.387 e. The molecule has 1 unspecified atom stereocenters. The van der Waals surface area contributed by atoms with Gasteiger partial charge in [0.2, 0.25) is 5.91 Å². The molecule has 6 N–H and O–H groups in total. The SMILES string of the molecule is CCCN(CCC)C(=O)C1=Cc2ccc(C(=O)Nc3cncc(CNCCC(N)c4ccccc4)c3)cc2N=C(N)C1. The number of benzene rings is 2. The fourth-order valence-corrected chi connectivity index (χ4v) is 4.94. The number of fused-ring (bicyclic) bond motifs is 1. The molecule has 2 amide bonds. The number of nitrogens with zero attached hydrogens (tertiary/aromatic N) is 3. The van der Waals surface area contributed by atoms with Crippen molar-refractivity contribution in [3.63, 3.8) is 0 Å². The average Bonchev–Trinajstić information content (AvgIpc) is 3.16. The van der Waals surface area contributed by atoms with Crippen LogP contribution in [0.1, 0.15) is 72.6 Å². The Morgan fingerprint density at radius 1 is 1.02 bits per heavy atom. The molecule has 220 valence electrons. The van der Waals surface area contributed by atoms with E-state index in [1.54, 1.807) is 24.5 Å². The van der Waals surface area contributed by atoms with Crippen LogP contribution in [0.15, 0.2) is 77.6 Å². The van der Waals surface area contributed by atoms with Crippen LogP contribution in [0.3, 0.4) is 0 Å². The van der Waals surface area contributed by atoms with E-state index in [4.69, 9.17) is 11.5 Å². The topological polar surface area (TPSA) is 139 Å². The summed E-state index contributed by atoms with van der Waals surface area (Å²) in [6, 6.07) is 17.2. The first-order chi connectivity index (χ1) is 20.4. The third-order valence-corrected chi connectivity index (χ3v) is 7.05. The lowest BCUT2D eigenvalue weighted by Crippen LogP contribution is -2.34. The molecule has 9 heteroatoms. The van der Waals surface area contributed by atoms with Gasteiger partial charge in [0.25, 0.3) is 5.91 Å². The van der Waals surface area contributed by atoms with Crippen LogP contribution in [0.4, 0.5) is 11.4 Å². The minimum absolute atomic E-state index is 0.0209. The van der Waals surface area contributed by atoms with E-state index in [0.29, 0.717) is 48.0 Å². The number of pyridine rings is 1. The standard InChI is InChI=1S/C33H41N7O2/c1-3-14-40(15-4-2)33(42)27-17-25-10-11-26(18-30(25)39-31(35)19-27)32(41)38-28-16-23(21-37-22-28)20-36-13-12-29(34)24-8-6-5-7-9-24/h5-11,16-18,21-22,29,36H,3-4,12-15,19-20,34H2,1-2H3,(H2,35,39)(H,38,41). The van der Waals surface area contributed by atoms with Gasteiger partial charge in [-0.1, -0.05) is 50.2 Å². The third kappa shape index (κ3) is 8.34. The van der Waals surface area contributed by atoms with E-state index >= 15 is 0 Å². The summed E-state index contributed by atoms with van der Waals surface area (Å²) in [5.74, 6) is 0.0364. The number of carbonyl (C=O) groups is 2. The maximum atomic E-state index is 13.2. The van der Waals surface area contributed by atoms with Gasteiger partial charge in [0.1, 0.15) is 5.84 Å². The third-order valence-electron chi connectivity index (χ3n) is 7.05. The number of rotatable bonds is 13. The van der Waals surface area contributed by atoms with Crippen molar-refractivity contribution in [3.05, 3.63) is 94.8 Å². The predicted molar refractivity (Wildman–Crippen MR) is 169 cm³/mol. The second-order valence-corrected chi connectivity index (χ2v) is 10.5. The Kier molecular flexibility index (Phi) is 11.0. The van der Waals surface area contributed by atoms with Crippen LogP contribution in [0.25, 0.3) is 6.08 Å². The number of aliphatic imine (C=N–C) groups is 1. The van der Waals surface area contributed by atoms with Gasteiger partial charge >= 0.3 is 0 Å². The maximum Gasteiger partial charge on any atom is 0.255 e. The van der Waals surface area contributed by atoms with Gasteiger partial charge in [0, 0.05) is 55.0 Å². The van der Waals surface area contributed by atoms with Crippen molar-refractivity contribution in [2.75, 3.05) is 25.0 Å². The highest BCUT2D eigenvalue weighted by atomic mass is 16.2. The summed E-state index contributed by atoms with van der Waals surface area (Å²) >= 11 is 0. The Labute approximate surface area is 248 Å². The number of aromatic nitrogens is 1. The van der Waals surface area contributed by atoms with Crippen molar-refractivity contribution in [1.29, 1.82) is 0 Å². The number of nitrogens with two attached hydrogens (primary N) is 2. The van der Waals surface area contributed by atoms with Crippen molar-refractivity contribution in [1.82, 2.24) is 15.2 Å². The molecule has 1 aliphatic rings. The molecule has 42 heavy (non-hydrogen) atoms. The summed E-state index contributed by atoms with van der Waals surface area (Å²) in [4.78, 5) is 37.0. The van der Waals surface area contributed by atoms with Crippen LogP contribution >= 0.6 is 0 Å². The molecule has 0 aliphatic carbocycles. The lowest BCUT2D eigenvalue weighted by atomic mass is 10.0. The Morgan fingerprint density at radius 3 is 2.52 bits per heavy atom. The van der Waals surface area contributed by atoms with Gasteiger partial charge in [-0.3, -0.25) is 14.6 Å². The van der Waals surface area contributed by atoms with Gasteiger partial charge < -0.3 is 27.0 Å². The van der Waals surface area contributed by atoms with Crippen LogP contribution in [-0.4, -0.2) is 47.2 Å². The number of hydrogen-bond donors (Lipinski definition) is 4. The van der Waals surface area contributed by atoms with Crippen molar-refractivity contribution in [2.24, 2.45) is 16.5 Å². The number of hydrogen-bond acceptors (Lipinski definition) is 7. The summed E-state index contributed by atoms with van der Waals surface area (Å²) in [5.41, 5.74) is 17.5. The predicted octanol–water partition coefficient (Wildman–Crippen LogP) is 4.94. The van der Waals surface area contributed by atoms with Gasteiger partial charge in [0.05, 0.1) is 17.6 Å². The Balaban J connectivity index is 1.38. The van der Waals surface area contributed by atoms with Crippen LogP contribution < -0.4 is 22.1 Å². The highest BCUT2D eigenvalue weighted by molar-refractivity contribution is 6.07. The first kappa shape index (κ1) is 30.6. The van der Waals surface area contributed by atoms with Crippen molar-refractivity contribution in [2.45, 2.75) is 52.1 Å². The normalized spacial score (nSPS) is 13.3. The molecule has 0 radical (unpaired) electrons. The zero-order valence-electron chi connectivity index (χ0n) is 24.5. The van der Waals surface area contributed by atoms with E-state index < -0.39 is 0 Å². The quantitative estimate of drug-likeness (QED) is 0.216. The second kappa shape index (κ2) is 15.0. The van der Waals surface area contributed by atoms with E-state index in [1.165, 1.54) is 0 Å². The molecule has 4 rings (SSSR count). The first-order valence-corrected chi connectivity index (χ1v) is 14.6. The summed E-state index contributed by atoms with van der Waals surface area (Å²) in [6.07, 6.45) is 8.07. The Hall–Kier alpha value is -4.34. The fourth-order valence-electron chi connectivity index (χ4n) is 4.94. The van der Waals surface area contributed by atoms with Crippen LogP contribution in [0.5, 0.6) is 0 Å². The molecule has 1 atom stereocenters. The molecular weight excluding hydrogens is 526 g/mol. The maximum absolute atomic E-state index is 13.2. The Morgan fingerprint density at radius 2 is 1.79 bits per heavy atom. The molecular formula is C33H41N7O2. The molecule has 0 fully saturated rings. The molecule has 2 heterocycles. The van der Waals surface area contributed by atoms with Gasteiger partial charge in [-0.15, -0.1) is 0 Å². The van der Waals surface area contributed by atoms with Gasteiger partial charge in [-0.05, 0) is 61.2 Å². The van der Waals surface area contributed by atoms with Crippen molar-refractivity contribution < 1.29 is 9.59 Å². The van der Waals surface area contributed by atoms with E-state index in [0.717, 1.165) is 42.5 Å². The smallest absolute Gasteiger partial charge is 0.255 e. The molecule has 3 aromatic rings. The van der Waals surface area contributed by atoms with Crippen molar-refractivity contribution >= 4 is 35.1 Å². The zero-order chi connectivity index (χ0) is 29.9. The fraction of sp³-hybridized carbons (Fsp3) is 0.333. The number of anilines is 1. The monoisotopic (exact) mass is 567 g/mol. The van der Waals surface area contributed by atoms with E-state index in [9.17, 15) is 9.59 Å². The highest BCUT2D eigenvalue weighted by Gasteiger charge is 2.21. The molecule has 0 saturated carbocycles. The van der Waals surface area contributed by atoms with Crippen molar-refractivity contribution in [3.8, 4) is 0 Å². The molecule has 9 nitrogen and oxygen atoms in total. The molecule has 2 aromatic carbocycles. The molecule has 0 spiro atoms. The lowest BCUT2D eigenvalue weighted by Gasteiger charge is -2.22. The number of amidine groups is 1. The van der Waals surface area contributed by atoms with E-state index in [2.05, 4.69) is 34.5 Å². The molecule has 0 bridgehead atoms. The average molecular weight is 568 g/mol. The van der Waals surface area contributed by atoms with Crippen LogP contribution in [-0.2, 0) is 11.3 Å². The molecule has 1 aliphatic heterocycles. The second-order valence-electron chi connectivity index (χ2n) is 10.5. The summed E-state index contributed by atoms with van der Waals surface area (Å²) in [5, 5.41) is 6.33. The summed E-state index contributed by atoms with van der Waals surface area (Å²) in [7, 11) is 0. The summed E-state index contributed by atoms with van der Waals surface area (Å²) in [6.45, 7) is 6.86. The Bertz CT molecular complexity index is 1430. The minimum atomic E-state index is -0.283. The van der Waals surface area contributed by atoms with Gasteiger partial charge in [-0.2, -0.15) is 0 Å². The summed E-state index contributed by atoms with van der Waals surface area (Å²) < 4.78 is 0. The number of nitrogens with one attached hydrogen (secondary N) is 2. The lowest BCUT2D eigenvalue weighted by molar-refractivity contribution is -0.127. The van der Waals surface area contributed by atoms with Crippen LogP contribution in [0, 0.1) is 0 Å².